The summed E-state index contributed by atoms with van der Waals surface area (Å²) in [6.45, 7) is 5.02. The first-order valence-corrected chi connectivity index (χ1v) is 9.02. The standard InChI is InChI=1S/C20H23N3O2/c1-12-3-6-17-15(9-12)16(11-18(22-17)14-4-5-14)20(25)23-8-7-21-19(24)10-13(23)2/h3,6,9,11,13-14H,4-5,7-8,10H2,1-2H3,(H,21,24). The Bertz CT molecular complexity index is 857. The van der Waals surface area contributed by atoms with Crippen molar-refractivity contribution in [3.05, 3.63) is 41.1 Å². The molecule has 1 unspecified atom stereocenters. The van der Waals surface area contributed by atoms with E-state index in [2.05, 4.69) is 5.32 Å². The van der Waals surface area contributed by atoms with Gasteiger partial charge in [0.25, 0.3) is 5.91 Å². The first kappa shape index (κ1) is 16.1. The number of benzene rings is 1. The second-order valence-corrected chi connectivity index (χ2v) is 7.29. The van der Waals surface area contributed by atoms with Crippen LogP contribution < -0.4 is 5.32 Å². The molecule has 0 bridgehead atoms. The van der Waals surface area contributed by atoms with Gasteiger partial charge in [-0.15, -0.1) is 0 Å². The van der Waals surface area contributed by atoms with Crippen molar-refractivity contribution in [1.82, 2.24) is 15.2 Å². The number of carbonyl (C=O) groups excluding carboxylic acids is 2. The fourth-order valence-electron chi connectivity index (χ4n) is 3.57. The number of carbonyl (C=O) groups is 2. The molecule has 1 aliphatic carbocycles. The Morgan fingerprint density at radius 2 is 2.08 bits per heavy atom. The van der Waals surface area contributed by atoms with Crippen LogP contribution in [0.15, 0.2) is 24.3 Å². The average molecular weight is 337 g/mol. The van der Waals surface area contributed by atoms with Crippen molar-refractivity contribution >= 4 is 22.7 Å². The number of aromatic nitrogens is 1. The van der Waals surface area contributed by atoms with Gasteiger partial charge in [0.1, 0.15) is 0 Å². The van der Waals surface area contributed by atoms with Gasteiger partial charge in [-0.2, -0.15) is 0 Å². The Morgan fingerprint density at radius 3 is 2.84 bits per heavy atom. The van der Waals surface area contributed by atoms with Crippen molar-refractivity contribution in [2.75, 3.05) is 13.1 Å². The molecule has 130 valence electrons. The third-order valence-electron chi connectivity index (χ3n) is 5.16. The summed E-state index contributed by atoms with van der Waals surface area (Å²) in [5.74, 6) is 0.503. The van der Waals surface area contributed by atoms with E-state index < -0.39 is 0 Å². The van der Waals surface area contributed by atoms with Crippen LogP contribution in [0, 0.1) is 6.92 Å². The van der Waals surface area contributed by atoms with Gasteiger partial charge in [0.05, 0.1) is 11.1 Å². The van der Waals surface area contributed by atoms with Gasteiger partial charge in [-0.1, -0.05) is 11.6 Å². The zero-order chi connectivity index (χ0) is 17.6. The summed E-state index contributed by atoms with van der Waals surface area (Å²) in [6.07, 6.45) is 2.65. The summed E-state index contributed by atoms with van der Waals surface area (Å²) in [5, 5.41) is 3.76. The van der Waals surface area contributed by atoms with Crippen LogP contribution >= 0.6 is 0 Å². The maximum Gasteiger partial charge on any atom is 0.254 e. The van der Waals surface area contributed by atoms with E-state index in [4.69, 9.17) is 4.98 Å². The van der Waals surface area contributed by atoms with Gasteiger partial charge >= 0.3 is 0 Å². The van der Waals surface area contributed by atoms with Crippen molar-refractivity contribution in [3.63, 3.8) is 0 Å². The quantitative estimate of drug-likeness (QED) is 0.916. The highest BCUT2D eigenvalue weighted by molar-refractivity contribution is 6.06. The highest BCUT2D eigenvalue weighted by Crippen LogP contribution is 2.40. The molecular formula is C20H23N3O2. The van der Waals surface area contributed by atoms with Crippen molar-refractivity contribution < 1.29 is 9.59 Å². The molecule has 2 fully saturated rings. The lowest BCUT2D eigenvalue weighted by Gasteiger charge is -2.27. The SMILES string of the molecule is Cc1ccc2nc(C3CC3)cc(C(=O)N3CCNC(=O)CC3C)c2c1. The summed E-state index contributed by atoms with van der Waals surface area (Å²) >= 11 is 0. The molecule has 1 saturated heterocycles. The minimum atomic E-state index is -0.104. The maximum atomic E-state index is 13.3. The minimum Gasteiger partial charge on any atom is -0.354 e. The van der Waals surface area contributed by atoms with Crippen LogP contribution in [-0.4, -0.2) is 40.8 Å². The number of rotatable bonds is 2. The number of nitrogens with one attached hydrogen (secondary N) is 1. The first-order chi connectivity index (χ1) is 12.0. The normalized spacial score (nSPS) is 21.1. The third-order valence-corrected chi connectivity index (χ3v) is 5.16. The van der Waals surface area contributed by atoms with Gasteiger partial charge < -0.3 is 10.2 Å². The van der Waals surface area contributed by atoms with Crippen molar-refractivity contribution in [1.29, 1.82) is 0 Å². The Hall–Kier alpha value is -2.43. The molecule has 2 amide bonds. The lowest BCUT2D eigenvalue weighted by Crippen LogP contribution is -2.39. The molecule has 1 aromatic heterocycles. The molecule has 5 heteroatoms. The predicted octanol–water partition coefficient (Wildman–Crippen LogP) is 2.77. The van der Waals surface area contributed by atoms with E-state index >= 15 is 0 Å². The van der Waals surface area contributed by atoms with E-state index in [-0.39, 0.29) is 17.9 Å². The number of amides is 2. The second-order valence-electron chi connectivity index (χ2n) is 7.29. The Labute approximate surface area is 147 Å². The van der Waals surface area contributed by atoms with Crippen LogP contribution in [0.1, 0.15) is 53.7 Å². The fraction of sp³-hybridized carbons (Fsp3) is 0.450. The van der Waals surface area contributed by atoms with Crippen molar-refractivity contribution in [2.45, 2.75) is 45.1 Å². The molecule has 5 nitrogen and oxygen atoms in total. The van der Waals surface area contributed by atoms with Crippen molar-refractivity contribution in [2.24, 2.45) is 0 Å². The van der Waals surface area contributed by atoms with Crippen LogP contribution in [0.3, 0.4) is 0 Å². The van der Waals surface area contributed by atoms with Crippen molar-refractivity contribution in [3.8, 4) is 0 Å². The number of pyridine rings is 1. The molecule has 0 radical (unpaired) electrons. The monoisotopic (exact) mass is 337 g/mol. The van der Waals surface area contributed by atoms with Gasteiger partial charge in [-0.05, 0) is 44.9 Å². The van der Waals surface area contributed by atoms with Gasteiger partial charge in [-0.25, -0.2) is 0 Å². The number of hydrogen-bond donors (Lipinski definition) is 1. The first-order valence-electron chi connectivity index (χ1n) is 9.02. The van der Waals surface area contributed by atoms with Crippen LogP contribution in [-0.2, 0) is 4.79 Å². The maximum absolute atomic E-state index is 13.3. The lowest BCUT2D eigenvalue weighted by atomic mass is 10.0. The molecule has 1 aliphatic heterocycles. The summed E-state index contributed by atoms with van der Waals surface area (Å²) in [6, 6.07) is 7.96. The molecular weight excluding hydrogens is 314 g/mol. The van der Waals surface area contributed by atoms with Gasteiger partial charge in [0, 0.05) is 42.6 Å². The van der Waals surface area contributed by atoms with E-state index in [0.29, 0.717) is 25.4 Å². The number of aryl methyl sites for hydroxylation is 1. The molecule has 1 saturated carbocycles. The molecule has 2 aromatic rings. The largest absolute Gasteiger partial charge is 0.354 e. The average Bonchev–Trinajstić information content (AvgIpc) is 3.42. The van der Waals surface area contributed by atoms with E-state index in [1.807, 2.05) is 43.0 Å². The van der Waals surface area contributed by atoms with Gasteiger partial charge in [-0.3, -0.25) is 14.6 Å². The number of fused-ring (bicyclic) bond motifs is 1. The Morgan fingerprint density at radius 1 is 1.28 bits per heavy atom. The van der Waals surface area contributed by atoms with E-state index in [0.717, 1.165) is 40.6 Å². The molecule has 1 aromatic carbocycles. The van der Waals surface area contributed by atoms with E-state index in [9.17, 15) is 9.59 Å². The zero-order valence-corrected chi connectivity index (χ0v) is 14.7. The summed E-state index contributed by atoms with van der Waals surface area (Å²) in [4.78, 5) is 31.7. The summed E-state index contributed by atoms with van der Waals surface area (Å²) < 4.78 is 0. The topological polar surface area (TPSA) is 62.3 Å². The number of nitrogens with zero attached hydrogens (tertiary/aromatic N) is 2. The van der Waals surface area contributed by atoms with E-state index in [1.54, 1.807) is 0 Å². The lowest BCUT2D eigenvalue weighted by molar-refractivity contribution is -0.121. The molecule has 2 aliphatic rings. The molecule has 2 heterocycles. The molecule has 1 N–H and O–H groups in total. The zero-order valence-electron chi connectivity index (χ0n) is 14.7. The van der Waals surface area contributed by atoms with Crippen LogP contribution in [0.2, 0.25) is 0 Å². The second kappa shape index (κ2) is 6.14. The Kier molecular flexibility index (Phi) is 3.94. The third kappa shape index (κ3) is 3.11. The van der Waals surface area contributed by atoms with E-state index in [1.165, 1.54) is 0 Å². The summed E-state index contributed by atoms with van der Waals surface area (Å²) in [5.41, 5.74) is 3.74. The van der Waals surface area contributed by atoms with Crippen LogP contribution in [0.4, 0.5) is 0 Å². The van der Waals surface area contributed by atoms with Crippen LogP contribution in [0.25, 0.3) is 10.9 Å². The summed E-state index contributed by atoms with van der Waals surface area (Å²) in [7, 11) is 0. The molecule has 0 spiro atoms. The Balaban J connectivity index is 1.79. The molecule has 25 heavy (non-hydrogen) atoms. The highest BCUT2D eigenvalue weighted by Gasteiger charge is 2.30. The van der Waals surface area contributed by atoms with Gasteiger partial charge in [0.2, 0.25) is 5.91 Å². The minimum absolute atomic E-state index is 0.00361. The molecule has 4 rings (SSSR count). The number of hydrogen-bond acceptors (Lipinski definition) is 3. The van der Waals surface area contributed by atoms with Crippen LogP contribution in [0.5, 0.6) is 0 Å². The van der Waals surface area contributed by atoms with Gasteiger partial charge in [0.15, 0.2) is 0 Å². The molecule has 1 atom stereocenters. The highest BCUT2D eigenvalue weighted by atomic mass is 16.2. The smallest absolute Gasteiger partial charge is 0.254 e. The predicted molar refractivity (Wildman–Crippen MR) is 96.6 cm³/mol. The fourth-order valence-corrected chi connectivity index (χ4v) is 3.57.